The number of hydrogen-bond acceptors (Lipinski definition) is 4. The van der Waals surface area contributed by atoms with E-state index in [4.69, 9.17) is 5.11 Å². The maximum atomic E-state index is 12.1. The second-order valence-corrected chi connectivity index (χ2v) is 5.25. The van der Waals surface area contributed by atoms with E-state index in [1.807, 2.05) is 17.5 Å². The van der Waals surface area contributed by atoms with Crippen LogP contribution in [0.25, 0.3) is 6.08 Å². The molecule has 0 bridgehead atoms. The van der Waals surface area contributed by atoms with Crippen LogP contribution in [0, 0.1) is 13.8 Å². The molecule has 20 heavy (non-hydrogen) atoms. The zero-order valence-corrected chi connectivity index (χ0v) is 11.9. The largest absolute Gasteiger partial charge is 0.478 e. The molecule has 0 amide bonds. The van der Waals surface area contributed by atoms with Gasteiger partial charge in [0.05, 0.1) is 11.3 Å². The number of carboxylic acids is 1. The molecule has 2 aromatic rings. The Balaban J connectivity index is 2.34. The molecule has 0 aliphatic carbocycles. The number of ketones is 1. The Morgan fingerprint density at radius 1 is 1.25 bits per heavy atom. The molecule has 4 nitrogen and oxygen atoms in total. The molecule has 0 aliphatic rings. The molecule has 0 fully saturated rings. The quantitative estimate of drug-likeness (QED) is 0.691. The lowest BCUT2D eigenvalue weighted by molar-refractivity contribution is 0.0695. The summed E-state index contributed by atoms with van der Waals surface area (Å²) >= 11 is 1.53. The van der Waals surface area contributed by atoms with Crippen molar-refractivity contribution >= 4 is 29.2 Å². The minimum absolute atomic E-state index is 0.0588. The number of pyridine rings is 1. The van der Waals surface area contributed by atoms with Crippen molar-refractivity contribution in [3.63, 3.8) is 0 Å². The average molecular weight is 287 g/mol. The lowest BCUT2D eigenvalue weighted by Gasteiger charge is -2.06. The van der Waals surface area contributed by atoms with Gasteiger partial charge < -0.3 is 5.11 Å². The molecule has 0 spiro atoms. The van der Waals surface area contributed by atoms with Crippen LogP contribution in [0.1, 0.15) is 37.0 Å². The summed E-state index contributed by atoms with van der Waals surface area (Å²) in [6, 6.07) is 5.19. The van der Waals surface area contributed by atoms with Crippen molar-refractivity contribution in [1.82, 2.24) is 4.98 Å². The molecule has 2 rings (SSSR count). The Labute approximate surface area is 120 Å². The van der Waals surface area contributed by atoms with Crippen LogP contribution in [0.2, 0.25) is 0 Å². The van der Waals surface area contributed by atoms with Crippen LogP contribution >= 0.6 is 11.3 Å². The second kappa shape index (κ2) is 5.79. The van der Waals surface area contributed by atoms with Gasteiger partial charge in [0.25, 0.3) is 0 Å². The summed E-state index contributed by atoms with van der Waals surface area (Å²) in [6.07, 6.45) is 3.16. The molecule has 0 aromatic carbocycles. The van der Waals surface area contributed by atoms with Gasteiger partial charge >= 0.3 is 5.97 Å². The molecule has 5 heteroatoms. The van der Waals surface area contributed by atoms with Crippen LogP contribution in [0.5, 0.6) is 0 Å². The first-order valence-electron chi connectivity index (χ1n) is 5.96. The number of carboxylic acid groups (broad SMARTS) is 1. The first kappa shape index (κ1) is 14.1. The topological polar surface area (TPSA) is 67.3 Å². The Morgan fingerprint density at radius 3 is 2.55 bits per heavy atom. The first-order valence-corrected chi connectivity index (χ1v) is 6.84. The standard InChI is InChI=1S/C15H13NO3S/c1-9-12(8-13(15(18)19)10(2)16-9)14(17)6-5-11-4-3-7-20-11/h3-8H,1-2H3,(H,18,19)/b6-5+. The van der Waals surface area contributed by atoms with Gasteiger partial charge in [0.1, 0.15) is 0 Å². The minimum atomic E-state index is -1.08. The third-order valence-electron chi connectivity index (χ3n) is 2.84. The van der Waals surface area contributed by atoms with Gasteiger partial charge in [0.2, 0.25) is 0 Å². The molecular formula is C15H13NO3S. The maximum absolute atomic E-state index is 12.1. The number of thiophene rings is 1. The van der Waals surface area contributed by atoms with E-state index in [0.29, 0.717) is 17.0 Å². The van der Waals surface area contributed by atoms with E-state index in [0.717, 1.165) is 4.88 Å². The van der Waals surface area contributed by atoms with Gasteiger partial charge in [0, 0.05) is 16.1 Å². The van der Waals surface area contributed by atoms with Crippen molar-refractivity contribution < 1.29 is 14.7 Å². The summed E-state index contributed by atoms with van der Waals surface area (Å²) in [6.45, 7) is 3.32. The molecule has 0 atom stereocenters. The van der Waals surface area contributed by atoms with E-state index in [1.54, 1.807) is 19.9 Å². The highest BCUT2D eigenvalue weighted by Gasteiger charge is 2.15. The highest BCUT2D eigenvalue weighted by atomic mass is 32.1. The maximum Gasteiger partial charge on any atom is 0.337 e. The molecule has 0 saturated carbocycles. The Morgan fingerprint density at radius 2 is 1.95 bits per heavy atom. The molecule has 0 aliphatic heterocycles. The fourth-order valence-electron chi connectivity index (χ4n) is 1.82. The summed E-state index contributed by atoms with van der Waals surface area (Å²) < 4.78 is 0. The summed E-state index contributed by atoms with van der Waals surface area (Å²) in [7, 11) is 0. The van der Waals surface area contributed by atoms with Gasteiger partial charge in [0.15, 0.2) is 5.78 Å². The number of nitrogens with zero attached hydrogens (tertiary/aromatic N) is 1. The summed E-state index contributed by atoms with van der Waals surface area (Å²) in [5, 5.41) is 11.0. The van der Waals surface area contributed by atoms with Crippen molar-refractivity contribution in [3.8, 4) is 0 Å². The van der Waals surface area contributed by atoms with Crippen LogP contribution in [0.3, 0.4) is 0 Å². The van der Waals surface area contributed by atoms with Gasteiger partial charge in [-0.05, 0) is 43.5 Å². The first-order chi connectivity index (χ1) is 9.49. The normalized spacial score (nSPS) is 10.9. The van der Waals surface area contributed by atoms with E-state index in [2.05, 4.69) is 4.98 Å². The van der Waals surface area contributed by atoms with Crippen molar-refractivity contribution in [2.75, 3.05) is 0 Å². The number of hydrogen-bond donors (Lipinski definition) is 1. The molecule has 2 aromatic heterocycles. The van der Waals surface area contributed by atoms with Gasteiger partial charge in [-0.15, -0.1) is 11.3 Å². The molecule has 0 radical (unpaired) electrons. The number of carbonyl (C=O) groups is 2. The monoisotopic (exact) mass is 287 g/mol. The fourth-order valence-corrected chi connectivity index (χ4v) is 2.44. The summed E-state index contributed by atoms with van der Waals surface area (Å²) in [5.74, 6) is -1.32. The van der Waals surface area contributed by atoms with Gasteiger partial charge in [-0.2, -0.15) is 0 Å². The molecule has 102 valence electrons. The molecule has 2 heterocycles. The van der Waals surface area contributed by atoms with E-state index in [9.17, 15) is 9.59 Å². The number of aromatic nitrogens is 1. The lowest BCUT2D eigenvalue weighted by atomic mass is 10.0. The van der Waals surface area contributed by atoms with Gasteiger partial charge in [-0.25, -0.2) is 4.79 Å². The Bertz CT molecular complexity index is 687. The van der Waals surface area contributed by atoms with Gasteiger partial charge in [-0.1, -0.05) is 6.07 Å². The fraction of sp³-hybridized carbons (Fsp3) is 0.133. The smallest absolute Gasteiger partial charge is 0.337 e. The van der Waals surface area contributed by atoms with E-state index >= 15 is 0 Å². The van der Waals surface area contributed by atoms with E-state index in [-0.39, 0.29) is 11.3 Å². The van der Waals surface area contributed by atoms with E-state index < -0.39 is 5.97 Å². The molecular weight excluding hydrogens is 274 g/mol. The highest BCUT2D eigenvalue weighted by Crippen LogP contribution is 2.16. The van der Waals surface area contributed by atoms with Crippen LogP contribution in [-0.4, -0.2) is 21.8 Å². The summed E-state index contributed by atoms with van der Waals surface area (Å²) in [5.41, 5.74) is 1.33. The minimum Gasteiger partial charge on any atom is -0.478 e. The number of aromatic carboxylic acids is 1. The highest BCUT2D eigenvalue weighted by molar-refractivity contribution is 7.10. The predicted octanol–water partition coefficient (Wildman–Crippen LogP) is 3.35. The zero-order chi connectivity index (χ0) is 14.7. The number of aryl methyl sites for hydroxylation is 2. The Kier molecular flexibility index (Phi) is 4.10. The third-order valence-corrected chi connectivity index (χ3v) is 3.68. The van der Waals surface area contributed by atoms with Crippen LogP contribution < -0.4 is 0 Å². The zero-order valence-electron chi connectivity index (χ0n) is 11.1. The third kappa shape index (κ3) is 3.00. The van der Waals surface area contributed by atoms with Crippen LogP contribution in [0.15, 0.2) is 29.7 Å². The molecule has 0 unspecified atom stereocenters. The second-order valence-electron chi connectivity index (χ2n) is 4.27. The molecule has 0 saturated heterocycles. The van der Waals surface area contributed by atoms with E-state index in [1.165, 1.54) is 23.5 Å². The van der Waals surface area contributed by atoms with Crippen molar-refractivity contribution in [2.24, 2.45) is 0 Å². The van der Waals surface area contributed by atoms with Crippen LogP contribution in [-0.2, 0) is 0 Å². The lowest BCUT2D eigenvalue weighted by Crippen LogP contribution is -2.08. The van der Waals surface area contributed by atoms with Crippen molar-refractivity contribution in [2.45, 2.75) is 13.8 Å². The average Bonchev–Trinajstić information content (AvgIpc) is 2.88. The van der Waals surface area contributed by atoms with Gasteiger partial charge in [-0.3, -0.25) is 9.78 Å². The van der Waals surface area contributed by atoms with Crippen molar-refractivity contribution in [1.29, 1.82) is 0 Å². The molecule has 1 N–H and O–H groups in total. The Hall–Kier alpha value is -2.27. The van der Waals surface area contributed by atoms with Crippen molar-refractivity contribution in [3.05, 3.63) is 57.0 Å². The number of carbonyl (C=O) groups excluding carboxylic acids is 1. The number of allylic oxidation sites excluding steroid dienone is 1. The SMILES string of the molecule is Cc1nc(C)c(C(=O)/C=C/c2cccs2)cc1C(=O)O. The predicted molar refractivity (Wildman–Crippen MR) is 78.4 cm³/mol. The van der Waals surface area contributed by atoms with Crippen LogP contribution in [0.4, 0.5) is 0 Å². The number of rotatable bonds is 4. The summed E-state index contributed by atoms with van der Waals surface area (Å²) in [4.78, 5) is 28.3.